The van der Waals surface area contributed by atoms with Gasteiger partial charge in [0, 0.05) is 0 Å². The Labute approximate surface area is 112 Å². The molecular weight excluding hydrogens is 277 g/mol. The van der Waals surface area contributed by atoms with Gasteiger partial charge in [-0.15, -0.1) is 0 Å². The van der Waals surface area contributed by atoms with Gasteiger partial charge in [-0.05, 0) is 44.1 Å². The first-order valence-electron chi connectivity index (χ1n) is 5.86. The van der Waals surface area contributed by atoms with Gasteiger partial charge in [-0.2, -0.15) is 0 Å². The molecule has 3 nitrogen and oxygen atoms in total. The van der Waals surface area contributed by atoms with E-state index in [2.05, 4.69) is 5.32 Å². The summed E-state index contributed by atoms with van der Waals surface area (Å²) in [7, 11) is -3.38. The van der Waals surface area contributed by atoms with Crippen molar-refractivity contribution in [3.63, 3.8) is 0 Å². The topological polar surface area (TPSA) is 46.2 Å². The minimum atomic E-state index is -3.38. The molecule has 0 unspecified atom stereocenters. The fourth-order valence-electron chi connectivity index (χ4n) is 1.48. The first kappa shape index (κ1) is 15.4. The highest BCUT2D eigenvalue weighted by molar-refractivity contribution is 7.91. The Morgan fingerprint density at radius 3 is 2.67 bits per heavy atom. The van der Waals surface area contributed by atoms with Crippen LogP contribution in [-0.2, 0) is 9.84 Å². The van der Waals surface area contributed by atoms with Crippen molar-refractivity contribution >= 4 is 21.4 Å². The van der Waals surface area contributed by atoms with Crippen molar-refractivity contribution in [2.75, 3.05) is 18.8 Å². The van der Waals surface area contributed by atoms with E-state index in [1.54, 1.807) is 0 Å². The average molecular weight is 294 g/mol. The lowest BCUT2D eigenvalue weighted by atomic mass is 10.3. The second kappa shape index (κ2) is 7.07. The number of hydrogen-bond donors (Lipinski definition) is 1. The van der Waals surface area contributed by atoms with Crippen LogP contribution in [0.1, 0.15) is 19.8 Å². The molecule has 102 valence electrons. The standard InChI is InChI=1S/C12H17ClFNO2S/c1-2-6-15-7-3-8-18(16,17)10-4-5-12(14)11(13)9-10/h4-5,9,15H,2-3,6-8H2,1H3. The monoisotopic (exact) mass is 293 g/mol. The SMILES string of the molecule is CCCNCCCS(=O)(=O)c1ccc(F)c(Cl)c1. The summed E-state index contributed by atoms with van der Waals surface area (Å²) in [5.41, 5.74) is 0. The third kappa shape index (κ3) is 4.55. The van der Waals surface area contributed by atoms with E-state index in [-0.39, 0.29) is 15.7 Å². The Hall–Kier alpha value is -0.650. The summed E-state index contributed by atoms with van der Waals surface area (Å²) in [4.78, 5) is 0.0735. The molecule has 0 fully saturated rings. The van der Waals surface area contributed by atoms with Gasteiger partial charge in [0.25, 0.3) is 0 Å². The maximum atomic E-state index is 12.9. The second-order valence-electron chi connectivity index (χ2n) is 4.00. The smallest absolute Gasteiger partial charge is 0.178 e. The molecule has 0 saturated heterocycles. The summed E-state index contributed by atoms with van der Waals surface area (Å²) >= 11 is 5.57. The zero-order valence-corrected chi connectivity index (χ0v) is 11.8. The molecule has 18 heavy (non-hydrogen) atoms. The quantitative estimate of drug-likeness (QED) is 0.621. The van der Waals surface area contributed by atoms with E-state index in [9.17, 15) is 12.8 Å². The molecule has 0 bridgehead atoms. The summed E-state index contributed by atoms with van der Waals surface area (Å²) in [6, 6.07) is 3.48. The van der Waals surface area contributed by atoms with Crippen LogP contribution in [0.5, 0.6) is 0 Å². The zero-order chi connectivity index (χ0) is 13.6. The number of rotatable bonds is 7. The molecule has 1 aromatic carbocycles. The maximum absolute atomic E-state index is 12.9. The Bertz CT molecular complexity index is 491. The van der Waals surface area contributed by atoms with Crippen molar-refractivity contribution in [3.05, 3.63) is 29.0 Å². The summed E-state index contributed by atoms with van der Waals surface area (Å²) in [5.74, 6) is -0.577. The average Bonchev–Trinajstić information content (AvgIpc) is 2.32. The van der Waals surface area contributed by atoms with E-state index < -0.39 is 15.7 Å². The molecule has 0 saturated carbocycles. The Kier molecular flexibility index (Phi) is 6.05. The highest BCUT2D eigenvalue weighted by atomic mass is 35.5. The van der Waals surface area contributed by atoms with Crippen LogP contribution in [-0.4, -0.2) is 27.3 Å². The highest BCUT2D eigenvalue weighted by Gasteiger charge is 2.15. The normalized spacial score (nSPS) is 11.7. The molecule has 1 rings (SSSR count). The predicted octanol–water partition coefficient (Wildman–Crippen LogP) is 2.64. The fraction of sp³-hybridized carbons (Fsp3) is 0.500. The van der Waals surface area contributed by atoms with Gasteiger partial charge in [-0.3, -0.25) is 0 Å². The van der Waals surface area contributed by atoms with Crippen LogP contribution in [0.4, 0.5) is 4.39 Å². The van der Waals surface area contributed by atoms with Crippen molar-refractivity contribution in [2.24, 2.45) is 0 Å². The molecule has 0 radical (unpaired) electrons. The van der Waals surface area contributed by atoms with E-state index >= 15 is 0 Å². The summed E-state index contributed by atoms with van der Waals surface area (Å²) in [5, 5.41) is 2.96. The predicted molar refractivity (Wildman–Crippen MR) is 71.2 cm³/mol. The summed E-state index contributed by atoms with van der Waals surface area (Å²) < 4.78 is 36.8. The lowest BCUT2D eigenvalue weighted by Gasteiger charge is -2.06. The van der Waals surface area contributed by atoms with Crippen LogP contribution in [0, 0.1) is 5.82 Å². The van der Waals surface area contributed by atoms with Crippen molar-refractivity contribution in [1.29, 1.82) is 0 Å². The fourth-order valence-corrected chi connectivity index (χ4v) is 3.06. The molecule has 0 aliphatic carbocycles. The van der Waals surface area contributed by atoms with Crippen LogP contribution in [0.15, 0.2) is 23.1 Å². The number of nitrogens with one attached hydrogen (secondary N) is 1. The Morgan fingerprint density at radius 1 is 1.33 bits per heavy atom. The van der Waals surface area contributed by atoms with Gasteiger partial charge in [-0.1, -0.05) is 18.5 Å². The molecule has 1 N–H and O–H groups in total. The summed E-state index contributed by atoms with van der Waals surface area (Å²) in [6.45, 7) is 3.58. The van der Waals surface area contributed by atoms with Gasteiger partial charge in [-0.25, -0.2) is 12.8 Å². The molecule has 6 heteroatoms. The lowest BCUT2D eigenvalue weighted by Crippen LogP contribution is -2.19. The Balaban J connectivity index is 2.60. The van der Waals surface area contributed by atoms with Crippen LogP contribution in [0.3, 0.4) is 0 Å². The van der Waals surface area contributed by atoms with Gasteiger partial charge in [0.2, 0.25) is 0 Å². The number of hydrogen-bond acceptors (Lipinski definition) is 3. The Morgan fingerprint density at radius 2 is 2.06 bits per heavy atom. The molecule has 0 heterocycles. The second-order valence-corrected chi connectivity index (χ2v) is 6.51. The highest BCUT2D eigenvalue weighted by Crippen LogP contribution is 2.20. The van der Waals surface area contributed by atoms with E-state index in [1.165, 1.54) is 6.07 Å². The largest absolute Gasteiger partial charge is 0.317 e. The molecule has 0 aromatic heterocycles. The van der Waals surface area contributed by atoms with E-state index in [0.717, 1.165) is 25.1 Å². The van der Waals surface area contributed by atoms with E-state index in [4.69, 9.17) is 11.6 Å². The van der Waals surface area contributed by atoms with Gasteiger partial charge in [0.05, 0.1) is 15.7 Å². The minimum absolute atomic E-state index is 0.0334. The third-order valence-corrected chi connectivity index (χ3v) is 4.53. The zero-order valence-electron chi connectivity index (χ0n) is 10.2. The van der Waals surface area contributed by atoms with Gasteiger partial charge >= 0.3 is 0 Å². The molecule has 0 spiro atoms. The maximum Gasteiger partial charge on any atom is 0.178 e. The van der Waals surface area contributed by atoms with Crippen molar-refractivity contribution in [3.8, 4) is 0 Å². The number of sulfone groups is 1. The molecule has 0 atom stereocenters. The molecule has 0 aliphatic rings. The number of halogens is 2. The van der Waals surface area contributed by atoms with E-state index in [0.29, 0.717) is 13.0 Å². The number of benzene rings is 1. The molecular formula is C12H17ClFNO2S. The van der Waals surface area contributed by atoms with Crippen LogP contribution in [0.2, 0.25) is 5.02 Å². The van der Waals surface area contributed by atoms with Crippen LogP contribution >= 0.6 is 11.6 Å². The van der Waals surface area contributed by atoms with Crippen LogP contribution < -0.4 is 5.32 Å². The molecule has 1 aromatic rings. The molecule has 0 aliphatic heterocycles. The summed E-state index contributed by atoms with van der Waals surface area (Å²) in [6.07, 6.45) is 1.54. The van der Waals surface area contributed by atoms with Gasteiger partial charge in [0.15, 0.2) is 9.84 Å². The third-order valence-electron chi connectivity index (χ3n) is 2.44. The first-order valence-corrected chi connectivity index (χ1v) is 7.89. The lowest BCUT2D eigenvalue weighted by molar-refractivity contribution is 0.587. The molecule has 0 amide bonds. The van der Waals surface area contributed by atoms with Crippen LogP contribution in [0.25, 0.3) is 0 Å². The minimum Gasteiger partial charge on any atom is -0.317 e. The van der Waals surface area contributed by atoms with Crippen molar-refractivity contribution in [2.45, 2.75) is 24.7 Å². The first-order chi connectivity index (χ1) is 8.47. The van der Waals surface area contributed by atoms with Crippen molar-refractivity contribution in [1.82, 2.24) is 5.32 Å². The van der Waals surface area contributed by atoms with Gasteiger partial charge in [0.1, 0.15) is 5.82 Å². The van der Waals surface area contributed by atoms with Gasteiger partial charge < -0.3 is 5.32 Å². The van der Waals surface area contributed by atoms with E-state index in [1.807, 2.05) is 6.92 Å². The van der Waals surface area contributed by atoms with Crippen molar-refractivity contribution < 1.29 is 12.8 Å².